The molecule has 0 bridgehead atoms. The van der Waals surface area contributed by atoms with Crippen LogP contribution < -0.4 is 10.2 Å². The van der Waals surface area contributed by atoms with Crippen molar-refractivity contribution < 1.29 is 4.79 Å². The van der Waals surface area contributed by atoms with E-state index in [0.29, 0.717) is 22.1 Å². The van der Waals surface area contributed by atoms with E-state index in [1.165, 1.54) is 0 Å². The highest BCUT2D eigenvalue weighted by atomic mass is 35.5. The number of nitrogens with one attached hydrogen (secondary N) is 1. The van der Waals surface area contributed by atoms with Gasteiger partial charge < -0.3 is 10.2 Å². The van der Waals surface area contributed by atoms with E-state index in [-0.39, 0.29) is 12.3 Å². The molecule has 7 nitrogen and oxygen atoms in total. The van der Waals surface area contributed by atoms with Crippen LogP contribution in [0.15, 0.2) is 53.8 Å². The topological polar surface area (TPSA) is 75.4 Å². The van der Waals surface area contributed by atoms with Crippen LogP contribution in [-0.4, -0.2) is 40.7 Å². The monoisotopic (exact) mass is 380 g/mol. The summed E-state index contributed by atoms with van der Waals surface area (Å²) in [5.74, 6) is -0.132. The molecular formula is C19H17ClN6O. The first kappa shape index (κ1) is 17.2. The molecule has 4 rings (SSSR count). The van der Waals surface area contributed by atoms with Gasteiger partial charge in [0.2, 0.25) is 5.91 Å². The molecule has 2 aromatic carbocycles. The Hall–Kier alpha value is -3.19. The molecule has 3 aromatic rings. The summed E-state index contributed by atoms with van der Waals surface area (Å²) in [7, 11) is 3.82. The van der Waals surface area contributed by atoms with E-state index in [1.807, 2.05) is 49.3 Å². The minimum atomic E-state index is -0.132. The highest BCUT2D eigenvalue weighted by molar-refractivity contribution is 6.34. The fourth-order valence-corrected chi connectivity index (χ4v) is 3.29. The number of fused-ring (bicyclic) bond motifs is 1. The first-order chi connectivity index (χ1) is 13.0. The molecule has 0 saturated heterocycles. The quantitative estimate of drug-likeness (QED) is 0.755. The maximum absolute atomic E-state index is 12.4. The van der Waals surface area contributed by atoms with E-state index in [9.17, 15) is 4.79 Å². The summed E-state index contributed by atoms with van der Waals surface area (Å²) in [6.45, 7) is 0. The van der Waals surface area contributed by atoms with E-state index in [4.69, 9.17) is 16.6 Å². The zero-order valence-electron chi connectivity index (χ0n) is 14.8. The number of anilines is 2. The number of amides is 1. The third-order valence-electron chi connectivity index (χ3n) is 4.27. The van der Waals surface area contributed by atoms with Crippen molar-refractivity contribution in [2.75, 3.05) is 24.3 Å². The number of aliphatic imine (C=N–C) groups is 1. The highest BCUT2D eigenvalue weighted by Gasteiger charge is 2.19. The Bertz CT molecular complexity index is 1040. The SMILES string of the molecule is CN(C)c1cc2c(cc1Cl)NC(=O)CC(c1cccc(-n3ccnn3)c1)=N2. The molecule has 0 unspecified atom stereocenters. The zero-order chi connectivity index (χ0) is 19.0. The van der Waals surface area contributed by atoms with Gasteiger partial charge in [0, 0.05) is 14.1 Å². The minimum absolute atomic E-state index is 0.132. The molecule has 1 aromatic heterocycles. The van der Waals surface area contributed by atoms with Crippen molar-refractivity contribution >= 4 is 40.3 Å². The fourth-order valence-electron chi connectivity index (χ4n) is 2.96. The molecule has 0 saturated carbocycles. The number of hydrogen-bond donors (Lipinski definition) is 1. The van der Waals surface area contributed by atoms with Crippen molar-refractivity contribution in [1.29, 1.82) is 0 Å². The molecule has 0 atom stereocenters. The van der Waals surface area contributed by atoms with Gasteiger partial charge in [-0.05, 0) is 29.8 Å². The summed E-state index contributed by atoms with van der Waals surface area (Å²) in [6, 6.07) is 11.3. The number of hydrogen-bond acceptors (Lipinski definition) is 5. The number of aromatic nitrogens is 3. The van der Waals surface area contributed by atoms with Crippen LogP contribution in [0.3, 0.4) is 0 Å². The first-order valence-electron chi connectivity index (χ1n) is 8.36. The summed E-state index contributed by atoms with van der Waals surface area (Å²) < 4.78 is 1.67. The molecule has 0 radical (unpaired) electrons. The van der Waals surface area contributed by atoms with Crippen molar-refractivity contribution in [3.8, 4) is 5.69 Å². The Morgan fingerprint density at radius 1 is 1.22 bits per heavy atom. The van der Waals surface area contributed by atoms with E-state index in [0.717, 1.165) is 16.9 Å². The van der Waals surface area contributed by atoms with Gasteiger partial charge in [0.15, 0.2) is 0 Å². The van der Waals surface area contributed by atoms with Crippen molar-refractivity contribution in [2.45, 2.75) is 6.42 Å². The molecule has 0 spiro atoms. The average molecular weight is 381 g/mol. The second kappa shape index (κ2) is 6.85. The standard InChI is InChI=1S/C19H17ClN6O/c1-25(2)18-10-17-16(9-14(18)20)23-19(27)11-15(22-17)12-4-3-5-13(8-12)26-7-6-21-24-26/h3-10H,11H2,1-2H3,(H,23,27). The zero-order valence-corrected chi connectivity index (χ0v) is 15.6. The lowest BCUT2D eigenvalue weighted by atomic mass is 10.1. The van der Waals surface area contributed by atoms with Gasteiger partial charge in [-0.1, -0.05) is 28.9 Å². The van der Waals surface area contributed by atoms with Crippen LogP contribution in [0.25, 0.3) is 5.69 Å². The second-order valence-electron chi connectivity index (χ2n) is 6.40. The van der Waals surface area contributed by atoms with Crippen LogP contribution in [0.2, 0.25) is 5.02 Å². The third kappa shape index (κ3) is 3.41. The van der Waals surface area contributed by atoms with E-state index < -0.39 is 0 Å². The minimum Gasteiger partial charge on any atom is -0.376 e. The van der Waals surface area contributed by atoms with Gasteiger partial charge in [-0.2, -0.15) is 0 Å². The van der Waals surface area contributed by atoms with Crippen LogP contribution in [0.1, 0.15) is 12.0 Å². The molecule has 27 heavy (non-hydrogen) atoms. The summed E-state index contributed by atoms with van der Waals surface area (Å²) in [5.41, 5.74) is 4.51. The van der Waals surface area contributed by atoms with Gasteiger partial charge >= 0.3 is 0 Å². The second-order valence-corrected chi connectivity index (χ2v) is 6.80. The summed E-state index contributed by atoms with van der Waals surface area (Å²) in [4.78, 5) is 19.1. The molecule has 1 amide bonds. The number of carbonyl (C=O) groups is 1. The largest absolute Gasteiger partial charge is 0.376 e. The van der Waals surface area contributed by atoms with Crippen molar-refractivity contribution in [2.24, 2.45) is 4.99 Å². The number of halogens is 1. The lowest BCUT2D eigenvalue weighted by molar-refractivity contribution is -0.115. The van der Waals surface area contributed by atoms with Gasteiger partial charge in [0.25, 0.3) is 0 Å². The predicted octanol–water partition coefficient (Wildman–Crippen LogP) is 3.45. The molecule has 2 heterocycles. The van der Waals surface area contributed by atoms with Crippen LogP contribution >= 0.6 is 11.6 Å². The molecule has 0 fully saturated rings. The molecular weight excluding hydrogens is 364 g/mol. The molecule has 1 aliphatic rings. The lowest BCUT2D eigenvalue weighted by Crippen LogP contribution is -2.15. The van der Waals surface area contributed by atoms with Crippen LogP contribution in [0.4, 0.5) is 17.1 Å². The molecule has 136 valence electrons. The summed E-state index contributed by atoms with van der Waals surface area (Å²) in [6.07, 6.45) is 3.55. The van der Waals surface area contributed by atoms with Gasteiger partial charge in [-0.15, -0.1) is 5.10 Å². The van der Waals surface area contributed by atoms with E-state index >= 15 is 0 Å². The third-order valence-corrected chi connectivity index (χ3v) is 4.57. The first-order valence-corrected chi connectivity index (χ1v) is 8.74. The van der Waals surface area contributed by atoms with Crippen molar-refractivity contribution in [3.63, 3.8) is 0 Å². The normalized spacial score (nSPS) is 13.4. The van der Waals surface area contributed by atoms with Gasteiger partial charge in [-0.3, -0.25) is 9.79 Å². The average Bonchev–Trinajstić information content (AvgIpc) is 3.12. The number of benzene rings is 2. The maximum Gasteiger partial charge on any atom is 0.230 e. The Balaban J connectivity index is 1.81. The Morgan fingerprint density at radius 3 is 2.81 bits per heavy atom. The Morgan fingerprint density at radius 2 is 2.07 bits per heavy atom. The number of nitrogens with zero attached hydrogens (tertiary/aromatic N) is 5. The summed E-state index contributed by atoms with van der Waals surface area (Å²) in [5, 5.41) is 11.3. The van der Waals surface area contributed by atoms with Gasteiger partial charge in [0.05, 0.1) is 52.3 Å². The molecule has 1 N–H and O–H groups in total. The van der Waals surface area contributed by atoms with Crippen molar-refractivity contribution in [1.82, 2.24) is 15.0 Å². The van der Waals surface area contributed by atoms with Crippen molar-refractivity contribution in [3.05, 3.63) is 59.4 Å². The predicted molar refractivity (Wildman–Crippen MR) is 107 cm³/mol. The molecule has 8 heteroatoms. The number of carbonyl (C=O) groups excluding carboxylic acids is 1. The Kier molecular flexibility index (Phi) is 4.37. The lowest BCUT2D eigenvalue weighted by Gasteiger charge is -2.16. The van der Waals surface area contributed by atoms with Gasteiger partial charge in [-0.25, -0.2) is 4.68 Å². The van der Waals surface area contributed by atoms with Crippen LogP contribution in [0, 0.1) is 0 Å². The van der Waals surface area contributed by atoms with Crippen LogP contribution in [0.5, 0.6) is 0 Å². The Labute approximate surface area is 161 Å². The van der Waals surface area contributed by atoms with Crippen LogP contribution in [-0.2, 0) is 4.79 Å². The smallest absolute Gasteiger partial charge is 0.230 e. The molecule has 0 aliphatic carbocycles. The number of rotatable bonds is 3. The maximum atomic E-state index is 12.4. The highest BCUT2D eigenvalue weighted by Crippen LogP contribution is 2.38. The molecule has 1 aliphatic heterocycles. The summed E-state index contributed by atoms with van der Waals surface area (Å²) >= 11 is 6.33. The van der Waals surface area contributed by atoms with E-state index in [2.05, 4.69) is 15.6 Å². The fraction of sp³-hybridized carbons (Fsp3) is 0.158. The van der Waals surface area contributed by atoms with E-state index in [1.54, 1.807) is 23.1 Å². The van der Waals surface area contributed by atoms with Gasteiger partial charge in [0.1, 0.15) is 0 Å².